The number of hydrogen-bond donors (Lipinski definition) is 0. The summed E-state index contributed by atoms with van der Waals surface area (Å²) in [5.74, 6) is 2.04. The van der Waals surface area contributed by atoms with Crippen molar-refractivity contribution in [1.29, 1.82) is 0 Å². The van der Waals surface area contributed by atoms with E-state index in [0.717, 1.165) is 12.5 Å². The smallest absolute Gasteiger partial charge is 0.0652 e. The number of rotatable bonds is 4. The van der Waals surface area contributed by atoms with Crippen molar-refractivity contribution in [3.8, 4) is 0 Å². The minimum atomic E-state index is 0.544. The lowest BCUT2D eigenvalue weighted by molar-refractivity contribution is 0.520. The molecule has 84 valence electrons. The first-order valence-electron chi connectivity index (χ1n) is 6.15. The van der Waals surface area contributed by atoms with Crippen LogP contribution >= 0.6 is 0 Å². The standard InChI is InChI=1S/C13H22N2/c1-9(2)12-7-13(10(3)4)15(14-12)8-11-5-6-11/h7,9-11H,5-6,8H2,1-4H3. The molecule has 0 saturated heterocycles. The number of hydrogen-bond acceptors (Lipinski definition) is 1. The zero-order valence-corrected chi connectivity index (χ0v) is 10.3. The summed E-state index contributed by atoms with van der Waals surface area (Å²) >= 11 is 0. The maximum absolute atomic E-state index is 4.73. The van der Waals surface area contributed by atoms with E-state index in [-0.39, 0.29) is 0 Å². The third-order valence-corrected chi connectivity index (χ3v) is 3.14. The molecule has 2 heteroatoms. The fourth-order valence-electron chi connectivity index (χ4n) is 1.89. The summed E-state index contributed by atoms with van der Waals surface area (Å²) in [4.78, 5) is 0. The Morgan fingerprint density at radius 2 is 1.93 bits per heavy atom. The molecule has 0 aromatic carbocycles. The van der Waals surface area contributed by atoms with Crippen molar-refractivity contribution < 1.29 is 0 Å². The van der Waals surface area contributed by atoms with Gasteiger partial charge in [0.2, 0.25) is 0 Å². The van der Waals surface area contributed by atoms with Crippen molar-refractivity contribution in [2.75, 3.05) is 0 Å². The molecule has 1 aliphatic carbocycles. The molecule has 0 amide bonds. The molecule has 0 bridgehead atoms. The molecular weight excluding hydrogens is 184 g/mol. The molecule has 0 N–H and O–H groups in total. The van der Waals surface area contributed by atoms with Crippen molar-refractivity contribution >= 4 is 0 Å². The Labute approximate surface area is 92.7 Å². The van der Waals surface area contributed by atoms with Crippen LogP contribution in [0, 0.1) is 5.92 Å². The molecule has 1 aliphatic rings. The summed E-state index contributed by atoms with van der Waals surface area (Å²) in [5, 5.41) is 4.73. The Morgan fingerprint density at radius 1 is 1.27 bits per heavy atom. The van der Waals surface area contributed by atoms with Crippen LogP contribution in [0.15, 0.2) is 6.07 Å². The minimum absolute atomic E-state index is 0.544. The van der Waals surface area contributed by atoms with Gasteiger partial charge in [0, 0.05) is 12.2 Å². The second kappa shape index (κ2) is 3.99. The topological polar surface area (TPSA) is 17.8 Å². The predicted octanol–water partition coefficient (Wildman–Crippen LogP) is 3.54. The predicted molar refractivity (Wildman–Crippen MR) is 63.1 cm³/mol. The van der Waals surface area contributed by atoms with Crippen molar-refractivity contribution in [3.63, 3.8) is 0 Å². The summed E-state index contributed by atoms with van der Waals surface area (Å²) in [6, 6.07) is 2.29. The van der Waals surface area contributed by atoms with E-state index in [4.69, 9.17) is 5.10 Å². The third kappa shape index (κ3) is 2.42. The highest BCUT2D eigenvalue weighted by Crippen LogP contribution is 2.32. The minimum Gasteiger partial charge on any atom is -0.269 e. The number of nitrogens with zero attached hydrogens (tertiary/aromatic N) is 2. The maximum Gasteiger partial charge on any atom is 0.0652 e. The SMILES string of the molecule is CC(C)c1cc(C(C)C)n(CC2CC2)n1. The lowest BCUT2D eigenvalue weighted by atomic mass is 10.1. The van der Waals surface area contributed by atoms with Crippen LogP contribution in [0.1, 0.15) is 63.8 Å². The van der Waals surface area contributed by atoms with Crippen LogP contribution in [0.4, 0.5) is 0 Å². The summed E-state index contributed by atoms with van der Waals surface area (Å²) in [5.41, 5.74) is 2.66. The van der Waals surface area contributed by atoms with Gasteiger partial charge in [-0.2, -0.15) is 5.10 Å². The second-order valence-electron chi connectivity index (χ2n) is 5.43. The average Bonchev–Trinajstić information content (AvgIpc) is 2.82. The maximum atomic E-state index is 4.73. The second-order valence-corrected chi connectivity index (χ2v) is 5.43. The van der Waals surface area contributed by atoms with Crippen LogP contribution in [0.2, 0.25) is 0 Å². The summed E-state index contributed by atoms with van der Waals surface area (Å²) in [6.07, 6.45) is 2.79. The normalized spacial score (nSPS) is 16.7. The van der Waals surface area contributed by atoms with Crippen LogP contribution in [0.5, 0.6) is 0 Å². The molecule has 1 heterocycles. The lowest BCUT2D eigenvalue weighted by Gasteiger charge is -2.08. The Morgan fingerprint density at radius 3 is 2.40 bits per heavy atom. The third-order valence-electron chi connectivity index (χ3n) is 3.14. The zero-order valence-electron chi connectivity index (χ0n) is 10.3. The highest BCUT2D eigenvalue weighted by atomic mass is 15.3. The lowest BCUT2D eigenvalue weighted by Crippen LogP contribution is -2.08. The summed E-state index contributed by atoms with van der Waals surface area (Å²) in [6.45, 7) is 10.1. The molecule has 1 saturated carbocycles. The molecule has 0 spiro atoms. The van der Waals surface area contributed by atoms with Crippen molar-refractivity contribution in [2.45, 2.75) is 58.9 Å². The van der Waals surface area contributed by atoms with Gasteiger partial charge in [-0.1, -0.05) is 27.7 Å². The van der Waals surface area contributed by atoms with E-state index in [2.05, 4.69) is 38.4 Å². The Hall–Kier alpha value is -0.790. The van der Waals surface area contributed by atoms with E-state index < -0.39 is 0 Å². The van der Waals surface area contributed by atoms with Crippen LogP contribution in [0.3, 0.4) is 0 Å². The van der Waals surface area contributed by atoms with E-state index in [1.807, 2.05) is 0 Å². The Kier molecular flexibility index (Phi) is 2.85. The summed E-state index contributed by atoms with van der Waals surface area (Å²) in [7, 11) is 0. The summed E-state index contributed by atoms with van der Waals surface area (Å²) < 4.78 is 2.25. The van der Waals surface area contributed by atoms with Gasteiger partial charge in [0.05, 0.1) is 5.69 Å². The molecule has 1 aromatic heterocycles. The van der Waals surface area contributed by atoms with Gasteiger partial charge in [0.1, 0.15) is 0 Å². The highest BCUT2D eigenvalue weighted by Gasteiger charge is 2.24. The average molecular weight is 206 g/mol. The fraction of sp³-hybridized carbons (Fsp3) is 0.769. The molecule has 1 aromatic rings. The van der Waals surface area contributed by atoms with Gasteiger partial charge in [-0.25, -0.2) is 0 Å². The Balaban J connectivity index is 2.23. The molecule has 0 atom stereocenters. The van der Waals surface area contributed by atoms with Gasteiger partial charge in [-0.05, 0) is 36.7 Å². The fourth-order valence-corrected chi connectivity index (χ4v) is 1.89. The first-order valence-corrected chi connectivity index (χ1v) is 6.15. The van der Waals surface area contributed by atoms with Crippen LogP contribution in [-0.2, 0) is 6.54 Å². The Bertz CT molecular complexity index is 332. The van der Waals surface area contributed by atoms with Crippen LogP contribution < -0.4 is 0 Å². The number of aromatic nitrogens is 2. The van der Waals surface area contributed by atoms with Crippen molar-refractivity contribution in [3.05, 3.63) is 17.5 Å². The van der Waals surface area contributed by atoms with Gasteiger partial charge in [-0.15, -0.1) is 0 Å². The molecular formula is C13H22N2. The van der Waals surface area contributed by atoms with Crippen LogP contribution in [0.25, 0.3) is 0 Å². The van der Waals surface area contributed by atoms with Crippen LogP contribution in [-0.4, -0.2) is 9.78 Å². The molecule has 2 nitrogen and oxygen atoms in total. The molecule has 15 heavy (non-hydrogen) atoms. The zero-order chi connectivity index (χ0) is 11.0. The molecule has 0 radical (unpaired) electrons. The van der Waals surface area contributed by atoms with E-state index >= 15 is 0 Å². The van der Waals surface area contributed by atoms with Crippen molar-refractivity contribution in [2.24, 2.45) is 5.92 Å². The van der Waals surface area contributed by atoms with E-state index in [1.165, 1.54) is 24.2 Å². The van der Waals surface area contributed by atoms with Gasteiger partial charge in [0.25, 0.3) is 0 Å². The van der Waals surface area contributed by atoms with E-state index in [1.54, 1.807) is 0 Å². The highest BCUT2D eigenvalue weighted by molar-refractivity contribution is 5.16. The molecule has 0 aliphatic heterocycles. The quantitative estimate of drug-likeness (QED) is 0.736. The van der Waals surface area contributed by atoms with Crippen molar-refractivity contribution in [1.82, 2.24) is 9.78 Å². The molecule has 2 rings (SSSR count). The van der Waals surface area contributed by atoms with Gasteiger partial charge < -0.3 is 0 Å². The largest absolute Gasteiger partial charge is 0.269 e. The van der Waals surface area contributed by atoms with Gasteiger partial charge in [0.15, 0.2) is 0 Å². The monoisotopic (exact) mass is 206 g/mol. The van der Waals surface area contributed by atoms with Gasteiger partial charge in [-0.3, -0.25) is 4.68 Å². The van der Waals surface area contributed by atoms with E-state index in [0.29, 0.717) is 11.8 Å². The first kappa shape index (κ1) is 10.7. The first-order chi connectivity index (χ1) is 7.08. The molecule has 1 fully saturated rings. The van der Waals surface area contributed by atoms with E-state index in [9.17, 15) is 0 Å². The molecule has 0 unspecified atom stereocenters. The van der Waals surface area contributed by atoms with Gasteiger partial charge >= 0.3 is 0 Å².